The highest BCUT2D eigenvalue weighted by molar-refractivity contribution is 7.20. The third kappa shape index (κ3) is 5.58. The van der Waals surface area contributed by atoms with E-state index in [1.807, 2.05) is 42.5 Å². The number of fused-ring (bicyclic) bond motifs is 3. The van der Waals surface area contributed by atoms with Gasteiger partial charge in [0.25, 0.3) is 5.91 Å². The average molecular weight is 656 g/mol. The molecule has 7 rings (SSSR count). The number of benzene rings is 2. The molecule has 0 spiro atoms. The number of carbonyl (C=O) groups is 4. The Morgan fingerprint density at radius 1 is 1.04 bits per heavy atom. The number of para-hydroxylation sites is 1. The molecule has 5 atom stereocenters. The summed E-state index contributed by atoms with van der Waals surface area (Å²) in [7, 11) is 1.59. The summed E-state index contributed by atoms with van der Waals surface area (Å²) in [5.41, 5.74) is 1.76. The number of carbonyl (C=O) groups excluding carboxylic acids is 4. The minimum atomic E-state index is -0.811. The minimum Gasteiger partial charge on any atom is -0.496 e. The van der Waals surface area contributed by atoms with E-state index in [1.54, 1.807) is 25.0 Å². The lowest BCUT2D eigenvalue weighted by Gasteiger charge is -2.37. The Balaban J connectivity index is 1.12. The van der Waals surface area contributed by atoms with E-state index in [4.69, 9.17) is 4.74 Å². The maximum atomic E-state index is 14.5. The van der Waals surface area contributed by atoms with Crippen LogP contribution in [0.2, 0.25) is 0 Å². The van der Waals surface area contributed by atoms with Crippen LogP contribution < -0.4 is 15.4 Å². The van der Waals surface area contributed by atoms with Crippen LogP contribution in [0.5, 0.6) is 5.75 Å². The van der Waals surface area contributed by atoms with E-state index in [9.17, 15) is 19.2 Å². The molecule has 0 bridgehead atoms. The Bertz CT molecular complexity index is 1840. The van der Waals surface area contributed by atoms with E-state index < -0.39 is 18.1 Å². The summed E-state index contributed by atoms with van der Waals surface area (Å²) >= 11 is 1.31. The summed E-state index contributed by atoms with van der Waals surface area (Å²) in [6.07, 6.45) is 4.73. The van der Waals surface area contributed by atoms with Gasteiger partial charge in [-0.1, -0.05) is 51.3 Å². The van der Waals surface area contributed by atoms with Gasteiger partial charge in [0.2, 0.25) is 17.6 Å². The molecule has 4 aromatic rings. The van der Waals surface area contributed by atoms with Crippen molar-refractivity contribution < 1.29 is 23.9 Å². The number of hydrogen-bond donors (Lipinski definition) is 3. The molecule has 1 saturated heterocycles. The molecular formula is C36H41N5O5S. The number of Topliss-reactive ketones (excluding diaryl/α,β-unsaturated/α-hetero) is 1. The monoisotopic (exact) mass is 655 g/mol. The van der Waals surface area contributed by atoms with Crippen LogP contribution in [0, 0.1) is 23.2 Å². The lowest BCUT2D eigenvalue weighted by atomic mass is 9.83. The fraction of sp³-hybridized carbons (Fsp3) is 0.472. The predicted octanol–water partition coefficient (Wildman–Crippen LogP) is 5.34. The number of ketones is 1. The Morgan fingerprint density at radius 3 is 2.55 bits per heavy atom. The van der Waals surface area contributed by atoms with Crippen LogP contribution >= 0.6 is 11.3 Å². The summed E-state index contributed by atoms with van der Waals surface area (Å²) in [6, 6.07) is 12.6. The molecule has 3 aliphatic rings. The zero-order valence-corrected chi connectivity index (χ0v) is 28.0. The molecule has 10 nitrogen and oxygen atoms in total. The Hall–Kier alpha value is -4.25. The highest BCUT2D eigenvalue weighted by Gasteiger charge is 2.69. The number of nitrogens with one attached hydrogen (secondary N) is 3. The first-order chi connectivity index (χ1) is 22.6. The van der Waals surface area contributed by atoms with Crippen LogP contribution in [0.15, 0.2) is 48.5 Å². The molecule has 3 amide bonds. The SMILES string of the molecule is COc1cccc2[nH]c(C(=O)N[C@H](C(=O)N3C[C@H]4[C@@H]([C@H]3C(=O)N[C@@H](C)C(=O)c3nc5ccccc5s3)C4(C)C)C3CCCCC3)cc12. The van der Waals surface area contributed by atoms with Crippen LogP contribution in [-0.2, 0) is 9.59 Å². The second-order valence-corrected chi connectivity index (χ2v) is 15.0. The molecule has 3 heterocycles. The summed E-state index contributed by atoms with van der Waals surface area (Å²) < 4.78 is 6.38. The van der Waals surface area contributed by atoms with E-state index >= 15 is 0 Å². The van der Waals surface area contributed by atoms with Gasteiger partial charge in [0.1, 0.15) is 23.5 Å². The van der Waals surface area contributed by atoms with Crippen LogP contribution in [-0.4, -0.2) is 70.2 Å². The van der Waals surface area contributed by atoms with Crippen molar-refractivity contribution in [1.29, 1.82) is 0 Å². The predicted molar refractivity (Wildman–Crippen MR) is 180 cm³/mol. The normalized spacial score (nSPS) is 23.2. The Morgan fingerprint density at radius 2 is 1.81 bits per heavy atom. The second kappa shape index (κ2) is 12.1. The van der Waals surface area contributed by atoms with Gasteiger partial charge in [-0.15, -0.1) is 11.3 Å². The van der Waals surface area contributed by atoms with Gasteiger partial charge in [-0.2, -0.15) is 0 Å². The highest BCUT2D eigenvalue weighted by atomic mass is 32.1. The topological polar surface area (TPSA) is 133 Å². The molecule has 246 valence electrons. The number of H-pyrrole nitrogens is 1. The highest BCUT2D eigenvalue weighted by Crippen LogP contribution is 2.65. The number of ether oxygens (including phenoxy) is 1. The number of hydrogen-bond acceptors (Lipinski definition) is 7. The molecule has 3 fully saturated rings. The zero-order valence-electron chi connectivity index (χ0n) is 27.2. The fourth-order valence-electron chi connectivity index (χ4n) is 8.01. The van der Waals surface area contributed by atoms with Crippen molar-refractivity contribution in [2.24, 2.45) is 23.2 Å². The molecule has 2 aliphatic carbocycles. The van der Waals surface area contributed by atoms with Crippen molar-refractivity contribution in [2.45, 2.75) is 71.0 Å². The smallest absolute Gasteiger partial charge is 0.268 e. The second-order valence-electron chi connectivity index (χ2n) is 13.9. The first kappa shape index (κ1) is 31.4. The number of likely N-dealkylation sites (tertiary alicyclic amines) is 1. The number of methoxy groups -OCH3 is 1. The molecule has 2 aromatic carbocycles. The van der Waals surface area contributed by atoms with Crippen molar-refractivity contribution in [2.75, 3.05) is 13.7 Å². The standard InChI is InChI=1S/C36H41N5O5S/c1-19(31(42)34-39-24-13-8-9-16-27(24)47-34)37-33(44)30-28-22(36(28,2)3)18-41(30)35(45)29(20-11-6-5-7-12-20)40-32(43)25-17-21-23(38-25)14-10-15-26(21)46-4/h8-10,13-17,19-20,22,28-30,38H,5-7,11-12,18H2,1-4H3,(H,37,44)(H,40,43)/t19-,22-,28-,29-,30-/m0/s1. The molecule has 11 heteroatoms. The minimum absolute atomic E-state index is 0.0277. The van der Waals surface area contributed by atoms with Crippen LogP contribution in [0.4, 0.5) is 0 Å². The fourth-order valence-corrected chi connectivity index (χ4v) is 9.01. The van der Waals surface area contributed by atoms with Gasteiger partial charge in [0.15, 0.2) is 5.01 Å². The number of aromatic nitrogens is 2. The maximum Gasteiger partial charge on any atom is 0.268 e. The number of nitrogens with zero attached hydrogens (tertiary/aromatic N) is 2. The van der Waals surface area contributed by atoms with E-state index in [0.29, 0.717) is 23.0 Å². The number of piperidine rings is 1. The number of thiazole rings is 1. The lowest BCUT2D eigenvalue weighted by molar-refractivity contribution is -0.143. The van der Waals surface area contributed by atoms with Crippen molar-refractivity contribution in [3.63, 3.8) is 0 Å². The molecule has 47 heavy (non-hydrogen) atoms. The lowest BCUT2D eigenvalue weighted by Crippen LogP contribution is -2.59. The van der Waals surface area contributed by atoms with Crippen molar-refractivity contribution in [3.05, 3.63) is 59.2 Å². The maximum absolute atomic E-state index is 14.5. The molecule has 1 aliphatic heterocycles. The van der Waals surface area contributed by atoms with Gasteiger partial charge in [0.05, 0.1) is 23.4 Å². The van der Waals surface area contributed by atoms with Crippen molar-refractivity contribution in [3.8, 4) is 5.75 Å². The van der Waals surface area contributed by atoms with Gasteiger partial charge in [-0.05, 0) is 73.3 Å². The van der Waals surface area contributed by atoms with Crippen LogP contribution in [0.1, 0.15) is 73.2 Å². The molecule has 0 radical (unpaired) electrons. The van der Waals surface area contributed by atoms with Gasteiger partial charge in [-0.3, -0.25) is 19.2 Å². The molecule has 0 unspecified atom stereocenters. The molecule has 3 N–H and O–H groups in total. The van der Waals surface area contributed by atoms with Gasteiger partial charge < -0.3 is 25.3 Å². The Kier molecular flexibility index (Phi) is 8.06. The Labute approximate surface area is 277 Å². The molecular weight excluding hydrogens is 614 g/mol. The summed E-state index contributed by atoms with van der Waals surface area (Å²) in [5.74, 6) is -0.436. The third-order valence-corrected chi connectivity index (χ3v) is 11.8. The van der Waals surface area contributed by atoms with E-state index in [2.05, 4.69) is 34.4 Å². The number of aromatic amines is 1. The molecule has 2 aromatic heterocycles. The zero-order chi connectivity index (χ0) is 33.0. The summed E-state index contributed by atoms with van der Waals surface area (Å²) in [5, 5.41) is 7.15. The molecule has 2 saturated carbocycles. The van der Waals surface area contributed by atoms with Crippen molar-refractivity contribution in [1.82, 2.24) is 25.5 Å². The average Bonchev–Trinajstić information content (AvgIpc) is 3.61. The van der Waals surface area contributed by atoms with Gasteiger partial charge >= 0.3 is 0 Å². The van der Waals surface area contributed by atoms with E-state index in [0.717, 1.165) is 53.2 Å². The number of amides is 3. The van der Waals surface area contributed by atoms with Gasteiger partial charge in [-0.25, -0.2) is 4.98 Å². The third-order valence-electron chi connectivity index (χ3n) is 10.8. The quantitative estimate of drug-likeness (QED) is 0.209. The van der Waals surface area contributed by atoms with Gasteiger partial charge in [0, 0.05) is 17.4 Å². The van der Waals surface area contributed by atoms with E-state index in [-0.39, 0.29) is 46.7 Å². The van der Waals surface area contributed by atoms with E-state index in [1.165, 1.54) is 11.3 Å². The first-order valence-corrected chi connectivity index (χ1v) is 17.4. The summed E-state index contributed by atoms with van der Waals surface area (Å²) in [6.45, 7) is 6.37. The van der Waals surface area contributed by atoms with Crippen molar-refractivity contribution >= 4 is 56.0 Å². The van der Waals surface area contributed by atoms with Crippen LogP contribution in [0.25, 0.3) is 21.1 Å². The largest absolute Gasteiger partial charge is 0.496 e. The van der Waals surface area contributed by atoms with Crippen LogP contribution in [0.3, 0.4) is 0 Å². The first-order valence-electron chi connectivity index (χ1n) is 16.6. The number of rotatable bonds is 9. The summed E-state index contributed by atoms with van der Waals surface area (Å²) in [4.78, 5) is 65.0.